The minimum absolute atomic E-state index is 0.0133. The Hall–Kier alpha value is -4.54. The number of furan rings is 2. The Morgan fingerprint density at radius 1 is 0.660 bits per heavy atom. The molecule has 6 heterocycles. The molecule has 50 heavy (non-hydrogen) atoms. The van der Waals surface area contributed by atoms with E-state index in [4.69, 9.17) is 17.7 Å². The van der Waals surface area contributed by atoms with Crippen molar-refractivity contribution in [2.45, 2.75) is 89.9 Å². The second kappa shape index (κ2) is 17.4. The molecule has 264 valence electrons. The van der Waals surface area contributed by atoms with Gasteiger partial charge in [0.05, 0.1) is 29.9 Å². The molecule has 4 unspecified atom stereocenters. The van der Waals surface area contributed by atoms with Gasteiger partial charge in [-0.25, -0.2) is 9.59 Å². The van der Waals surface area contributed by atoms with Gasteiger partial charge in [0, 0.05) is 52.0 Å². The number of thiophene rings is 2. The SMILES string of the molecule is CCC(Cc1ccco1)c1cc(O)c(C(CC)c2cccs2)c(=O)o1.CCC(Cc1ccoc1)c1cc(O)c(C(CC)c2cccs2)c(=O)o1. The zero-order valence-corrected chi connectivity index (χ0v) is 30.4. The summed E-state index contributed by atoms with van der Waals surface area (Å²) in [6.07, 6.45) is 9.33. The maximum Gasteiger partial charge on any atom is 0.343 e. The normalized spacial score (nSPS) is 13.7. The lowest BCUT2D eigenvalue weighted by Crippen LogP contribution is -2.15. The average molecular weight is 717 g/mol. The summed E-state index contributed by atoms with van der Waals surface area (Å²) in [5.74, 6) is 1.63. The fourth-order valence-corrected chi connectivity index (χ4v) is 8.23. The summed E-state index contributed by atoms with van der Waals surface area (Å²) in [5, 5.41) is 25.1. The minimum atomic E-state index is -0.451. The summed E-state index contributed by atoms with van der Waals surface area (Å²) in [5.41, 5.74) is 0.852. The van der Waals surface area contributed by atoms with Crippen LogP contribution < -0.4 is 11.3 Å². The quantitative estimate of drug-likeness (QED) is 0.114. The van der Waals surface area contributed by atoms with E-state index >= 15 is 0 Å². The highest BCUT2D eigenvalue weighted by Crippen LogP contribution is 2.37. The summed E-state index contributed by atoms with van der Waals surface area (Å²) in [6.45, 7) is 8.07. The van der Waals surface area contributed by atoms with Gasteiger partial charge in [-0.15, -0.1) is 22.7 Å². The molecule has 0 saturated carbocycles. The van der Waals surface area contributed by atoms with Crippen molar-refractivity contribution in [2.75, 3.05) is 0 Å². The van der Waals surface area contributed by atoms with Crippen LogP contribution in [0.4, 0.5) is 0 Å². The summed E-state index contributed by atoms with van der Waals surface area (Å²) < 4.78 is 21.8. The monoisotopic (exact) mass is 716 g/mol. The van der Waals surface area contributed by atoms with Crippen LogP contribution in [0.3, 0.4) is 0 Å². The number of hydrogen-bond acceptors (Lipinski definition) is 10. The van der Waals surface area contributed by atoms with Crippen molar-refractivity contribution in [1.82, 2.24) is 0 Å². The lowest BCUT2D eigenvalue weighted by molar-refractivity contribution is 0.371. The molecule has 0 aliphatic rings. The fraction of sp³-hybridized carbons (Fsp3) is 0.350. The summed E-state index contributed by atoms with van der Waals surface area (Å²) >= 11 is 3.17. The molecular weight excluding hydrogens is 673 g/mol. The van der Waals surface area contributed by atoms with Crippen LogP contribution in [0.25, 0.3) is 0 Å². The van der Waals surface area contributed by atoms with Crippen LogP contribution in [0.15, 0.2) is 111 Å². The smallest absolute Gasteiger partial charge is 0.343 e. The summed E-state index contributed by atoms with van der Waals surface area (Å²) in [7, 11) is 0. The molecule has 0 radical (unpaired) electrons. The molecule has 0 fully saturated rings. The predicted octanol–water partition coefficient (Wildman–Crippen LogP) is 10.6. The Bertz CT molecular complexity index is 1840. The van der Waals surface area contributed by atoms with E-state index in [0.29, 0.717) is 35.5 Å². The first-order valence-corrected chi connectivity index (χ1v) is 18.9. The zero-order valence-electron chi connectivity index (χ0n) is 28.8. The Morgan fingerprint density at radius 2 is 1.20 bits per heavy atom. The van der Waals surface area contributed by atoms with E-state index in [0.717, 1.165) is 46.8 Å². The first-order chi connectivity index (χ1) is 24.3. The molecule has 8 nitrogen and oxygen atoms in total. The third kappa shape index (κ3) is 8.60. The first-order valence-electron chi connectivity index (χ1n) is 17.1. The Morgan fingerprint density at radius 3 is 1.58 bits per heavy atom. The van der Waals surface area contributed by atoms with E-state index in [1.54, 1.807) is 53.6 Å². The average Bonchev–Trinajstić information content (AvgIpc) is 3.95. The second-order valence-electron chi connectivity index (χ2n) is 12.3. The molecule has 0 amide bonds. The molecule has 0 aliphatic heterocycles. The third-order valence-corrected chi connectivity index (χ3v) is 11.1. The predicted molar refractivity (Wildman–Crippen MR) is 197 cm³/mol. The standard InChI is InChI=1S/2C20H22O4S/c1-3-13(11-14-7-5-9-23-14)17-12-16(21)19(20(22)24-17)15(4-2)18-8-6-10-25-18;1-3-14(10-13-7-8-23-12-13)17-11-16(21)19(20(22)24-17)15(4-2)18-6-5-9-25-18/h5-10,12-13,15,21H,3-4,11H2,1-2H3;5-9,11-12,14-15,21H,3-4,10H2,1-2H3. The molecule has 0 spiro atoms. The Kier molecular flexibility index (Phi) is 12.8. The van der Waals surface area contributed by atoms with Crippen molar-refractivity contribution in [3.63, 3.8) is 0 Å². The van der Waals surface area contributed by atoms with Crippen LogP contribution in [0.5, 0.6) is 11.5 Å². The number of hydrogen-bond donors (Lipinski definition) is 2. The summed E-state index contributed by atoms with van der Waals surface area (Å²) in [4.78, 5) is 27.4. The van der Waals surface area contributed by atoms with E-state index in [9.17, 15) is 19.8 Å². The minimum Gasteiger partial charge on any atom is -0.507 e. The topological polar surface area (TPSA) is 127 Å². The highest BCUT2D eigenvalue weighted by atomic mass is 32.1. The molecular formula is C40H44O8S2. The fourth-order valence-electron chi connectivity index (χ4n) is 6.39. The van der Waals surface area contributed by atoms with Crippen LogP contribution in [0.1, 0.15) is 121 Å². The maximum absolute atomic E-state index is 12.6. The van der Waals surface area contributed by atoms with Crippen LogP contribution in [-0.4, -0.2) is 10.2 Å². The van der Waals surface area contributed by atoms with Gasteiger partial charge in [0.15, 0.2) is 0 Å². The zero-order chi connectivity index (χ0) is 35.6. The van der Waals surface area contributed by atoms with Crippen molar-refractivity contribution < 1.29 is 27.9 Å². The van der Waals surface area contributed by atoms with Crippen molar-refractivity contribution in [1.29, 1.82) is 0 Å². The van der Waals surface area contributed by atoms with E-state index in [1.165, 1.54) is 0 Å². The molecule has 6 aromatic rings. The van der Waals surface area contributed by atoms with Crippen molar-refractivity contribution in [3.05, 3.63) is 149 Å². The molecule has 0 aromatic carbocycles. The molecule has 0 saturated heterocycles. The van der Waals surface area contributed by atoms with E-state index < -0.39 is 11.3 Å². The van der Waals surface area contributed by atoms with E-state index in [1.807, 2.05) is 80.9 Å². The van der Waals surface area contributed by atoms with Crippen LogP contribution in [0.2, 0.25) is 0 Å². The van der Waals surface area contributed by atoms with Gasteiger partial charge >= 0.3 is 11.3 Å². The van der Waals surface area contributed by atoms with Gasteiger partial charge in [0.2, 0.25) is 0 Å². The van der Waals surface area contributed by atoms with Gasteiger partial charge in [-0.05, 0) is 78.8 Å². The van der Waals surface area contributed by atoms with E-state index in [-0.39, 0.29) is 35.2 Å². The van der Waals surface area contributed by atoms with Crippen LogP contribution in [0, 0.1) is 0 Å². The molecule has 4 atom stereocenters. The van der Waals surface area contributed by atoms with Crippen molar-refractivity contribution >= 4 is 22.7 Å². The molecule has 0 aliphatic carbocycles. The highest BCUT2D eigenvalue weighted by molar-refractivity contribution is 7.10. The van der Waals surface area contributed by atoms with Gasteiger partial charge in [-0.1, -0.05) is 39.8 Å². The van der Waals surface area contributed by atoms with Crippen molar-refractivity contribution in [2.24, 2.45) is 0 Å². The lowest BCUT2D eigenvalue weighted by Gasteiger charge is -2.17. The van der Waals surface area contributed by atoms with Gasteiger partial charge in [-0.2, -0.15) is 0 Å². The highest BCUT2D eigenvalue weighted by Gasteiger charge is 2.26. The number of aromatic hydroxyl groups is 2. The van der Waals surface area contributed by atoms with Crippen LogP contribution in [-0.2, 0) is 12.8 Å². The molecule has 6 rings (SSSR count). The molecule has 2 N–H and O–H groups in total. The van der Waals surface area contributed by atoms with Gasteiger partial charge < -0.3 is 27.9 Å². The van der Waals surface area contributed by atoms with Crippen molar-refractivity contribution in [3.8, 4) is 11.5 Å². The Balaban J connectivity index is 0.000000194. The molecule has 10 heteroatoms. The third-order valence-electron chi connectivity index (χ3n) is 9.14. The summed E-state index contributed by atoms with van der Waals surface area (Å²) in [6, 6.07) is 16.7. The number of rotatable bonds is 14. The largest absolute Gasteiger partial charge is 0.507 e. The molecule has 6 aromatic heterocycles. The Labute approximate surface area is 299 Å². The first kappa shape index (κ1) is 36.7. The lowest BCUT2D eigenvalue weighted by atomic mass is 9.92. The molecule has 0 bridgehead atoms. The van der Waals surface area contributed by atoms with Gasteiger partial charge in [0.25, 0.3) is 0 Å². The second-order valence-corrected chi connectivity index (χ2v) is 14.2. The maximum atomic E-state index is 12.6. The van der Waals surface area contributed by atoms with Gasteiger partial charge in [0.1, 0.15) is 28.8 Å². The van der Waals surface area contributed by atoms with Crippen LogP contribution >= 0.6 is 22.7 Å². The van der Waals surface area contributed by atoms with E-state index in [2.05, 4.69) is 0 Å². The van der Waals surface area contributed by atoms with Gasteiger partial charge in [-0.3, -0.25) is 0 Å².